The molecule has 14 heteroatoms. The van der Waals surface area contributed by atoms with Gasteiger partial charge in [-0.25, -0.2) is 17.8 Å². The third-order valence-corrected chi connectivity index (χ3v) is 8.21. The number of ether oxygens (including phenoxy) is 2. The molecule has 39 heavy (non-hydrogen) atoms. The van der Waals surface area contributed by atoms with Gasteiger partial charge in [-0.15, -0.1) is 0 Å². The Hall–Kier alpha value is -2.51. The predicted molar refractivity (Wildman–Crippen MR) is 144 cm³/mol. The molecule has 216 valence electrons. The molecule has 0 unspecified atom stereocenters. The number of hydrogen-bond acceptors (Lipinski definition) is 10. The SMILES string of the molecule is [2H]OP(=O)(O[2H])O[C@H](CN(CC(C)C)S(=O)(=O)c1ccc(N([2H])[2H])cc1)[C@H](Cc1ccccc1)N([2H])C(=O)O[C@H]1CCOC1. The van der Waals surface area contributed by atoms with E-state index in [-0.39, 0.29) is 36.1 Å². The Labute approximate surface area is 236 Å². The van der Waals surface area contributed by atoms with Crippen LogP contribution in [0.2, 0.25) is 4.24 Å². The van der Waals surface area contributed by atoms with Crippen molar-refractivity contribution in [3.63, 3.8) is 0 Å². The van der Waals surface area contributed by atoms with E-state index < -0.39 is 48.7 Å². The lowest BCUT2D eigenvalue weighted by Crippen LogP contribution is -2.52. The van der Waals surface area contributed by atoms with E-state index in [0.29, 0.717) is 29.6 Å². The van der Waals surface area contributed by atoms with Crippen LogP contribution in [0.25, 0.3) is 0 Å². The van der Waals surface area contributed by atoms with Crippen LogP contribution in [0.5, 0.6) is 0 Å². The van der Waals surface area contributed by atoms with Crippen LogP contribution in [-0.4, -0.2) is 76.0 Å². The molecule has 0 saturated carbocycles. The fourth-order valence-corrected chi connectivity index (χ4v) is 6.22. The number of hydrogen-bond donors (Lipinski definition) is 4. The van der Waals surface area contributed by atoms with Gasteiger partial charge in [0.25, 0.3) is 0 Å². The number of phosphoric acid groups is 1. The molecule has 12 nitrogen and oxygen atoms in total. The molecule has 0 spiro atoms. The number of carbonyl (C=O) groups excluding carboxylic acids is 1. The molecule has 1 aliphatic rings. The molecule has 0 bridgehead atoms. The summed E-state index contributed by atoms with van der Waals surface area (Å²) in [6, 6.07) is 12.2. The second kappa shape index (κ2) is 13.7. The lowest BCUT2D eigenvalue weighted by Gasteiger charge is -2.33. The Bertz CT molecular complexity index is 1350. The summed E-state index contributed by atoms with van der Waals surface area (Å²) in [7, 11) is -9.28. The van der Waals surface area contributed by atoms with E-state index in [1.807, 2.05) is 0 Å². The van der Waals surface area contributed by atoms with Crippen molar-refractivity contribution >= 4 is 29.6 Å². The van der Waals surface area contributed by atoms with Crippen molar-refractivity contribution in [2.24, 2.45) is 5.92 Å². The van der Waals surface area contributed by atoms with E-state index in [9.17, 15) is 17.8 Å². The van der Waals surface area contributed by atoms with Gasteiger partial charge in [0.2, 0.25) is 12.9 Å². The third-order valence-electron chi connectivity index (χ3n) is 5.83. The smallest absolute Gasteiger partial charge is 0.444 e. The number of amides is 1. The Kier molecular flexibility index (Phi) is 8.54. The van der Waals surface area contributed by atoms with Crippen LogP contribution in [-0.2, 0) is 35.0 Å². The van der Waals surface area contributed by atoms with Crippen molar-refractivity contribution in [3.05, 3.63) is 60.2 Å². The molecule has 1 amide bonds. The van der Waals surface area contributed by atoms with Gasteiger partial charge in [0, 0.05) is 25.2 Å². The quantitative estimate of drug-likeness (QED) is 0.168. The van der Waals surface area contributed by atoms with Crippen LogP contribution in [0.1, 0.15) is 25.8 Å². The third kappa shape index (κ3) is 9.87. The highest BCUT2D eigenvalue weighted by molar-refractivity contribution is 7.89. The summed E-state index contributed by atoms with van der Waals surface area (Å²) >= 11 is 0. The van der Waals surface area contributed by atoms with E-state index in [1.54, 1.807) is 44.2 Å². The number of nitrogens with zero attached hydrogens (tertiary/aromatic N) is 1. The molecule has 3 atom stereocenters. The van der Waals surface area contributed by atoms with Crippen LogP contribution in [0.3, 0.4) is 0 Å². The first-order valence-electron chi connectivity index (χ1n) is 14.5. The number of rotatable bonds is 16. The average Bonchev–Trinajstić information content (AvgIpc) is 3.52. The van der Waals surface area contributed by atoms with Gasteiger partial charge < -0.3 is 30.3 Å². The van der Waals surface area contributed by atoms with Crippen molar-refractivity contribution in [1.82, 2.24) is 9.62 Å². The van der Waals surface area contributed by atoms with Crippen molar-refractivity contribution in [2.75, 3.05) is 32.0 Å². The summed E-state index contributed by atoms with van der Waals surface area (Å²) in [6.07, 6.45) is -3.07. The highest BCUT2D eigenvalue weighted by Gasteiger charge is 2.37. The highest BCUT2D eigenvalue weighted by Crippen LogP contribution is 2.39. The Morgan fingerprint density at radius 3 is 2.56 bits per heavy atom. The fraction of sp³-hybridized carbons (Fsp3) is 0.480. The van der Waals surface area contributed by atoms with Gasteiger partial charge in [-0.3, -0.25) is 4.52 Å². The molecule has 1 heterocycles. The number of alkyl carbamates (subject to hydrolysis) is 1. The second-order valence-electron chi connectivity index (χ2n) is 9.56. The first-order valence-corrected chi connectivity index (χ1v) is 15.3. The second-order valence-corrected chi connectivity index (χ2v) is 12.6. The van der Waals surface area contributed by atoms with Crippen LogP contribution in [0, 0.1) is 5.92 Å². The Morgan fingerprint density at radius 1 is 1.26 bits per heavy atom. The normalized spacial score (nSPS) is 19.4. The van der Waals surface area contributed by atoms with E-state index in [4.69, 9.17) is 21.1 Å². The molecule has 2 aromatic rings. The summed E-state index contributed by atoms with van der Waals surface area (Å²) in [5.74, 6) is -0.250. The molecule has 0 radical (unpaired) electrons. The number of anilines is 1. The summed E-state index contributed by atoms with van der Waals surface area (Å²) in [5.41, 5.74) is 1.03. The number of benzene rings is 2. The fourth-order valence-electron chi connectivity index (χ4n) is 4.07. The highest BCUT2D eigenvalue weighted by atomic mass is 32.2. The minimum atomic E-state index is -4.94. The molecule has 1 saturated heterocycles. The van der Waals surface area contributed by atoms with Gasteiger partial charge >= 0.3 is 13.9 Å². The predicted octanol–water partition coefficient (Wildman–Crippen LogP) is 2.52. The van der Waals surface area contributed by atoms with Gasteiger partial charge in [0.1, 0.15) is 12.2 Å². The van der Waals surface area contributed by atoms with Crippen LogP contribution in [0.4, 0.5) is 10.5 Å². The number of sulfonamides is 1. The lowest BCUT2D eigenvalue weighted by atomic mass is 10.0. The molecular weight excluding hydrogens is 549 g/mol. The monoisotopic (exact) mass is 590 g/mol. The maximum Gasteiger partial charge on any atom is 0.469 e. The zero-order valence-corrected chi connectivity index (χ0v) is 23.3. The zero-order valence-electron chi connectivity index (χ0n) is 26.6. The zero-order chi connectivity index (χ0) is 32.5. The minimum absolute atomic E-state index is 0.0966. The standard InChI is InChI=1S/C25H36N3O9PS/c1-18(2)15-28(39(33,34)22-10-8-20(26)9-11-22)16-24(37-38(30,31)32)23(14-19-6-4-3-5-7-19)27-25(29)36-21-12-13-35-17-21/h3-11,18,21,23-24H,12-17,26H2,1-2H3,(H,27,29)(H2,30,31,32)/t21-,23-,24+/m0/s1/i/hD5. The Morgan fingerprint density at radius 2 is 1.97 bits per heavy atom. The summed E-state index contributed by atoms with van der Waals surface area (Å²) in [5, 5.41) is 0.445. The number of nitrogens with one attached hydrogen (secondary N) is 1. The first-order chi connectivity index (χ1) is 20.8. The van der Waals surface area contributed by atoms with Crippen molar-refractivity contribution in [3.8, 4) is 0 Å². The molecule has 0 aliphatic carbocycles. The van der Waals surface area contributed by atoms with Crippen molar-refractivity contribution < 1.29 is 45.8 Å². The molecule has 0 aromatic heterocycles. The lowest BCUT2D eigenvalue weighted by molar-refractivity contribution is 0.0601. The van der Waals surface area contributed by atoms with Gasteiger partial charge in [0.15, 0.2) is 4.24 Å². The van der Waals surface area contributed by atoms with Gasteiger partial charge in [-0.2, -0.15) is 4.31 Å². The number of nitrogen functional groups attached to an aromatic ring is 1. The van der Waals surface area contributed by atoms with Crippen molar-refractivity contribution in [2.45, 2.75) is 49.8 Å². The van der Waals surface area contributed by atoms with E-state index in [1.165, 1.54) is 24.3 Å². The van der Waals surface area contributed by atoms with Crippen LogP contribution in [0.15, 0.2) is 59.5 Å². The average molecular weight is 591 g/mol. The van der Waals surface area contributed by atoms with E-state index in [2.05, 4.69) is 9.79 Å². The first kappa shape index (κ1) is 24.3. The molecular formula is C25H36N3O9PS. The topological polar surface area (TPSA) is 178 Å². The molecule has 1 aliphatic heterocycles. The number of nitrogens with two attached hydrogens (primary N) is 1. The van der Waals surface area contributed by atoms with Crippen molar-refractivity contribution in [1.29, 1.82) is 2.86 Å². The largest absolute Gasteiger partial charge is 0.469 e. The summed E-state index contributed by atoms with van der Waals surface area (Å²) < 4.78 is 95.8. The summed E-state index contributed by atoms with van der Waals surface area (Å²) in [4.78, 5) is 21.1. The maximum atomic E-state index is 13.9. The van der Waals surface area contributed by atoms with Gasteiger partial charge in [-0.05, 0) is 42.2 Å². The summed E-state index contributed by atoms with van der Waals surface area (Å²) in [6.45, 7) is 3.29. The van der Waals surface area contributed by atoms with Crippen LogP contribution < -0.4 is 11.0 Å². The Balaban J connectivity index is 2.07. The number of carbonyl (C=O) groups is 1. The molecule has 3 rings (SSSR count). The van der Waals surface area contributed by atoms with Gasteiger partial charge in [0.05, 0.1) is 24.2 Å². The van der Waals surface area contributed by atoms with Gasteiger partial charge in [-0.1, -0.05) is 44.2 Å². The van der Waals surface area contributed by atoms with Crippen LogP contribution >= 0.6 is 7.82 Å². The van der Waals surface area contributed by atoms with E-state index >= 15 is 0 Å². The van der Waals surface area contributed by atoms with E-state index in [0.717, 1.165) is 4.31 Å². The maximum absolute atomic E-state index is 13.9. The minimum Gasteiger partial charge on any atom is -0.444 e. The molecule has 1 fully saturated rings. The molecule has 5 N–H and O–H groups in total. The number of phosphoric ester groups is 1. The molecule has 2 aromatic carbocycles.